The van der Waals surface area contributed by atoms with E-state index in [4.69, 9.17) is 19.4 Å². The lowest BCUT2D eigenvalue weighted by Crippen LogP contribution is -2.00. The van der Waals surface area contributed by atoms with Crippen molar-refractivity contribution in [2.75, 3.05) is 0 Å². The fraction of sp³-hybridized carbons (Fsp3) is 0. The van der Waals surface area contributed by atoms with E-state index < -0.39 is 0 Å². The molecule has 11 rings (SSSR count). The van der Waals surface area contributed by atoms with Crippen molar-refractivity contribution in [3.63, 3.8) is 0 Å². The van der Waals surface area contributed by atoms with Gasteiger partial charge in [-0.05, 0) is 46.2 Å². The number of hydrogen-bond acceptors (Lipinski definition) is 4. The van der Waals surface area contributed by atoms with E-state index in [0.717, 1.165) is 66.5 Å². The second kappa shape index (κ2) is 12.1. The molecule has 0 bridgehead atoms. The molecule has 0 N–H and O–H groups in total. The first kappa shape index (κ1) is 30.3. The first-order valence-electron chi connectivity index (χ1n) is 18.1. The maximum Gasteiger partial charge on any atom is 0.164 e. The molecule has 5 nitrogen and oxygen atoms in total. The van der Waals surface area contributed by atoms with Crippen molar-refractivity contribution in [3.05, 3.63) is 182 Å². The van der Waals surface area contributed by atoms with Gasteiger partial charge in [-0.15, -0.1) is 0 Å². The van der Waals surface area contributed by atoms with E-state index in [1.165, 1.54) is 21.5 Å². The molecule has 252 valence electrons. The van der Waals surface area contributed by atoms with Crippen LogP contribution in [0.4, 0.5) is 0 Å². The minimum absolute atomic E-state index is 0.591. The molecule has 5 heteroatoms. The van der Waals surface area contributed by atoms with Crippen LogP contribution in [0.5, 0.6) is 0 Å². The summed E-state index contributed by atoms with van der Waals surface area (Å²) in [5, 5.41) is 6.87. The van der Waals surface area contributed by atoms with Gasteiger partial charge in [-0.2, -0.15) is 0 Å². The van der Waals surface area contributed by atoms with Crippen molar-refractivity contribution in [1.29, 1.82) is 0 Å². The van der Waals surface area contributed by atoms with Crippen molar-refractivity contribution in [1.82, 2.24) is 19.5 Å². The Hall–Kier alpha value is -7.37. The van der Waals surface area contributed by atoms with Gasteiger partial charge in [0.05, 0.1) is 16.7 Å². The second-order valence-electron chi connectivity index (χ2n) is 13.6. The molecule has 0 spiro atoms. The topological polar surface area (TPSA) is 56.7 Å². The monoisotopic (exact) mass is 690 g/mol. The maximum atomic E-state index is 6.85. The van der Waals surface area contributed by atoms with Gasteiger partial charge >= 0.3 is 0 Å². The molecule has 0 amide bonds. The van der Waals surface area contributed by atoms with Crippen LogP contribution in [-0.2, 0) is 0 Å². The molecule has 0 aliphatic carbocycles. The zero-order valence-corrected chi connectivity index (χ0v) is 29.0. The predicted molar refractivity (Wildman–Crippen MR) is 221 cm³/mol. The highest BCUT2D eigenvalue weighted by atomic mass is 16.3. The van der Waals surface area contributed by atoms with Gasteiger partial charge in [0.2, 0.25) is 0 Å². The van der Waals surface area contributed by atoms with Crippen molar-refractivity contribution in [2.45, 2.75) is 0 Å². The summed E-state index contributed by atoms with van der Waals surface area (Å²) in [4.78, 5) is 15.3. The molecule has 0 radical (unpaired) electrons. The Morgan fingerprint density at radius 1 is 0.370 bits per heavy atom. The van der Waals surface area contributed by atoms with Crippen LogP contribution in [-0.4, -0.2) is 19.5 Å². The summed E-state index contributed by atoms with van der Waals surface area (Å²) in [6.45, 7) is 0. The molecule has 0 saturated carbocycles. The Morgan fingerprint density at radius 2 is 0.963 bits per heavy atom. The Morgan fingerprint density at radius 3 is 1.76 bits per heavy atom. The summed E-state index contributed by atoms with van der Waals surface area (Å²) in [5.41, 5.74) is 9.86. The maximum absolute atomic E-state index is 6.85. The highest BCUT2D eigenvalue weighted by molar-refractivity contribution is 6.22. The number of aromatic nitrogens is 4. The van der Waals surface area contributed by atoms with E-state index in [1.54, 1.807) is 0 Å². The number of furan rings is 1. The van der Waals surface area contributed by atoms with Crippen LogP contribution in [0.3, 0.4) is 0 Å². The molecule has 0 aliphatic heterocycles. The van der Waals surface area contributed by atoms with Gasteiger partial charge < -0.3 is 8.98 Å². The number of benzene rings is 8. The molecular formula is C49H30N4O. The summed E-state index contributed by atoms with van der Waals surface area (Å²) in [6, 6.07) is 63.1. The Kier molecular flexibility index (Phi) is 6.79. The van der Waals surface area contributed by atoms with Crippen LogP contribution < -0.4 is 0 Å². The highest BCUT2D eigenvalue weighted by Gasteiger charge is 2.22. The first-order valence-corrected chi connectivity index (χ1v) is 18.1. The van der Waals surface area contributed by atoms with Crippen LogP contribution in [0.1, 0.15) is 0 Å². The number of rotatable bonds is 5. The Bertz CT molecular complexity index is 3200. The summed E-state index contributed by atoms with van der Waals surface area (Å²) in [6.07, 6.45) is 0. The summed E-state index contributed by atoms with van der Waals surface area (Å²) >= 11 is 0. The molecule has 54 heavy (non-hydrogen) atoms. The number of para-hydroxylation sites is 2. The first-order chi connectivity index (χ1) is 26.8. The van der Waals surface area contributed by atoms with Gasteiger partial charge in [0.1, 0.15) is 5.58 Å². The molecule has 11 aromatic rings. The van der Waals surface area contributed by atoms with E-state index in [9.17, 15) is 0 Å². The Balaban J connectivity index is 1.13. The van der Waals surface area contributed by atoms with Crippen molar-refractivity contribution in [3.8, 4) is 51.0 Å². The minimum Gasteiger partial charge on any atom is -0.454 e. The average Bonchev–Trinajstić information content (AvgIpc) is 3.81. The fourth-order valence-electron chi connectivity index (χ4n) is 7.98. The van der Waals surface area contributed by atoms with E-state index in [0.29, 0.717) is 17.5 Å². The van der Waals surface area contributed by atoms with Crippen molar-refractivity contribution in [2.24, 2.45) is 0 Å². The molecule has 3 heterocycles. The van der Waals surface area contributed by atoms with Gasteiger partial charge in [0, 0.05) is 38.2 Å². The van der Waals surface area contributed by atoms with E-state index in [1.807, 2.05) is 48.5 Å². The quantitative estimate of drug-likeness (QED) is 0.180. The zero-order valence-electron chi connectivity index (χ0n) is 29.0. The van der Waals surface area contributed by atoms with Crippen molar-refractivity contribution >= 4 is 54.5 Å². The number of hydrogen-bond donors (Lipinski definition) is 0. The van der Waals surface area contributed by atoms with Crippen LogP contribution in [0, 0.1) is 0 Å². The SMILES string of the molecule is c1ccc(-c2ccc(-c3nc(-c4ccccc4)nc(-c4cccc5oc6c(-n7c8ccccc8c8c9ccccc9ccc87)cccc6c45)n3)cc2)cc1. The summed E-state index contributed by atoms with van der Waals surface area (Å²) in [7, 11) is 0. The van der Waals surface area contributed by atoms with Gasteiger partial charge in [-0.25, -0.2) is 15.0 Å². The summed E-state index contributed by atoms with van der Waals surface area (Å²) < 4.78 is 9.19. The third kappa shape index (κ3) is 4.76. The summed E-state index contributed by atoms with van der Waals surface area (Å²) in [5.74, 6) is 1.82. The van der Waals surface area contributed by atoms with Gasteiger partial charge in [0.25, 0.3) is 0 Å². The lowest BCUT2D eigenvalue weighted by Gasteiger charge is -2.10. The molecular weight excluding hydrogens is 661 g/mol. The lowest BCUT2D eigenvalue weighted by molar-refractivity contribution is 0.666. The third-order valence-electron chi connectivity index (χ3n) is 10.5. The van der Waals surface area contributed by atoms with Gasteiger partial charge in [-0.1, -0.05) is 158 Å². The third-order valence-corrected chi connectivity index (χ3v) is 10.5. The fourth-order valence-corrected chi connectivity index (χ4v) is 7.98. The molecule has 0 saturated heterocycles. The number of fused-ring (bicyclic) bond motifs is 8. The van der Waals surface area contributed by atoms with E-state index in [2.05, 4.69) is 138 Å². The molecule has 8 aromatic carbocycles. The molecule has 0 fully saturated rings. The smallest absolute Gasteiger partial charge is 0.164 e. The van der Waals surface area contributed by atoms with Crippen molar-refractivity contribution < 1.29 is 4.42 Å². The minimum atomic E-state index is 0.591. The number of nitrogens with zero attached hydrogens (tertiary/aromatic N) is 4. The molecule has 3 aromatic heterocycles. The normalized spacial score (nSPS) is 11.7. The second-order valence-corrected chi connectivity index (χ2v) is 13.6. The molecule has 0 atom stereocenters. The van der Waals surface area contributed by atoms with Gasteiger partial charge in [0.15, 0.2) is 23.1 Å². The van der Waals surface area contributed by atoms with Crippen LogP contribution in [0.2, 0.25) is 0 Å². The van der Waals surface area contributed by atoms with Gasteiger partial charge in [-0.3, -0.25) is 0 Å². The predicted octanol–water partition coefficient (Wildman–Crippen LogP) is 12.7. The average molecular weight is 691 g/mol. The largest absolute Gasteiger partial charge is 0.454 e. The van der Waals surface area contributed by atoms with Crippen LogP contribution >= 0.6 is 0 Å². The van der Waals surface area contributed by atoms with E-state index in [-0.39, 0.29) is 0 Å². The molecule has 0 aliphatic rings. The van der Waals surface area contributed by atoms with E-state index >= 15 is 0 Å². The Labute approximate surface area is 310 Å². The van der Waals surface area contributed by atoms with Crippen LogP contribution in [0.25, 0.3) is 105 Å². The highest BCUT2D eigenvalue weighted by Crippen LogP contribution is 2.42. The molecule has 0 unspecified atom stereocenters. The lowest BCUT2D eigenvalue weighted by atomic mass is 10.0. The van der Waals surface area contributed by atoms with Crippen LogP contribution in [0.15, 0.2) is 186 Å². The zero-order chi connectivity index (χ0) is 35.6. The standard InChI is InChI=1S/C49H30N4O/c1-3-13-31(14-4-1)32-25-27-35(28-26-32)48-50-47(34-16-5-2-6-17-34)51-49(52-48)39-21-12-24-43-45(39)38-20-11-23-42(46(38)54-43)53-40-22-10-9-19-37(40)44-36-18-8-7-15-33(36)29-30-41(44)53/h1-30H.